The molecule has 1 amide bonds. The fraction of sp³-hybridized carbons (Fsp3) is 0.462. The van der Waals surface area contributed by atoms with Gasteiger partial charge in [-0.1, -0.05) is 0 Å². The van der Waals surface area contributed by atoms with Gasteiger partial charge in [0.2, 0.25) is 5.91 Å². The van der Waals surface area contributed by atoms with Crippen LogP contribution in [0.4, 0.5) is 24.5 Å². The van der Waals surface area contributed by atoms with Gasteiger partial charge in [-0.05, 0) is 18.9 Å². The van der Waals surface area contributed by atoms with E-state index in [1.807, 2.05) is 0 Å². The van der Waals surface area contributed by atoms with Gasteiger partial charge in [-0.15, -0.1) is 0 Å². The number of carbonyl (C=O) groups is 1. The van der Waals surface area contributed by atoms with E-state index in [0.717, 1.165) is 12.1 Å². The Morgan fingerprint density at radius 3 is 2.64 bits per heavy atom. The van der Waals surface area contributed by atoms with E-state index in [1.54, 1.807) is 0 Å². The number of nitro groups is 1. The molecule has 0 aliphatic carbocycles. The number of nitrogens with zero attached hydrogens (tertiary/aromatic N) is 2. The van der Waals surface area contributed by atoms with Gasteiger partial charge in [0.15, 0.2) is 0 Å². The third-order valence-corrected chi connectivity index (χ3v) is 3.66. The van der Waals surface area contributed by atoms with E-state index >= 15 is 0 Å². The van der Waals surface area contributed by atoms with Crippen LogP contribution in [0, 0.1) is 16.0 Å². The standard InChI is InChI=1S/C13H14F3N3O3/c14-13(15,16)10-6-9(19(21)22)3-4-11(10)18-5-1-2-8(7-18)12(17)20/h3-4,6,8H,1-2,5,7H2,(H2,17,20)/t8-/m0/s1. The highest BCUT2D eigenvalue weighted by Crippen LogP contribution is 2.39. The van der Waals surface area contributed by atoms with Crippen LogP contribution in [-0.4, -0.2) is 23.9 Å². The van der Waals surface area contributed by atoms with E-state index in [1.165, 1.54) is 4.90 Å². The number of hydrogen-bond donors (Lipinski definition) is 1. The van der Waals surface area contributed by atoms with Crippen molar-refractivity contribution in [1.82, 2.24) is 0 Å². The number of alkyl halides is 3. The number of amides is 1. The van der Waals surface area contributed by atoms with E-state index in [-0.39, 0.29) is 12.2 Å². The molecule has 1 saturated heterocycles. The van der Waals surface area contributed by atoms with Gasteiger partial charge in [0.1, 0.15) is 0 Å². The summed E-state index contributed by atoms with van der Waals surface area (Å²) in [4.78, 5) is 22.4. The van der Waals surface area contributed by atoms with Gasteiger partial charge in [0, 0.05) is 30.9 Å². The lowest BCUT2D eigenvalue weighted by molar-refractivity contribution is -0.385. The molecule has 0 unspecified atom stereocenters. The van der Waals surface area contributed by atoms with Crippen molar-refractivity contribution in [3.8, 4) is 0 Å². The minimum atomic E-state index is -4.72. The molecule has 2 rings (SSSR count). The predicted octanol–water partition coefficient (Wildman–Crippen LogP) is 2.32. The molecule has 0 radical (unpaired) electrons. The second kappa shape index (κ2) is 5.82. The van der Waals surface area contributed by atoms with Crippen LogP contribution < -0.4 is 10.6 Å². The Morgan fingerprint density at radius 2 is 2.09 bits per heavy atom. The van der Waals surface area contributed by atoms with Crippen LogP contribution in [0.2, 0.25) is 0 Å². The number of hydrogen-bond acceptors (Lipinski definition) is 4. The lowest BCUT2D eigenvalue weighted by atomic mass is 9.96. The zero-order chi connectivity index (χ0) is 16.5. The Bertz CT molecular complexity index is 604. The lowest BCUT2D eigenvalue weighted by Gasteiger charge is -2.34. The van der Waals surface area contributed by atoms with Crippen LogP contribution >= 0.6 is 0 Å². The molecule has 22 heavy (non-hydrogen) atoms. The first kappa shape index (κ1) is 16.1. The summed E-state index contributed by atoms with van der Waals surface area (Å²) < 4.78 is 39.5. The van der Waals surface area contributed by atoms with Crippen molar-refractivity contribution < 1.29 is 22.9 Å². The van der Waals surface area contributed by atoms with Gasteiger partial charge in [0.05, 0.1) is 16.4 Å². The van der Waals surface area contributed by atoms with Crippen LogP contribution in [0.3, 0.4) is 0 Å². The molecule has 1 aromatic rings. The van der Waals surface area contributed by atoms with E-state index in [2.05, 4.69) is 0 Å². The smallest absolute Gasteiger partial charge is 0.370 e. The summed E-state index contributed by atoms with van der Waals surface area (Å²) in [7, 11) is 0. The van der Waals surface area contributed by atoms with Crippen molar-refractivity contribution in [2.45, 2.75) is 19.0 Å². The highest BCUT2D eigenvalue weighted by molar-refractivity contribution is 5.77. The van der Waals surface area contributed by atoms with Crippen LogP contribution in [0.5, 0.6) is 0 Å². The second-order valence-corrected chi connectivity index (χ2v) is 5.14. The first-order valence-electron chi connectivity index (χ1n) is 6.60. The minimum absolute atomic E-state index is 0.0796. The largest absolute Gasteiger partial charge is 0.418 e. The number of nitrogens with two attached hydrogens (primary N) is 1. The summed E-state index contributed by atoms with van der Waals surface area (Å²) in [6, 6.07) is 2.62. The van der Waals surface area contributed by atoms with E-state index in [4.69, 9.17) is 5.73 Å². The maximum Gasteiger partial charge on any atom is 0.418 e. The Hall–Kier alpha value is -2.32. The maximum absolute atomic E-state index is 13.2. The molecule has 0 spiro atoms. The van der Waals surface area contributed by atoms with E-state index in [9.17, 15) is 28.1 Å². The molecule has 1 aromatic carbocycles. The molecule has 6 nitrogen and oxygen atoms in total. The van der Waals surface area contributed by atoms with Crippen LogP contribution in [0.15, 0.2) is 18.2 Å². The van der Waals surface area contributed by atoms with Crippen molar-refractivity contribution >= 4 is 17.3 Å². The van der Waals surface area contributed by atoms with Gasteiger partial charge in [0.25, 0.3) is 5.69 Å². The topological polar surface area (TPSA) is 89.5 Å². The van der Waals surface area contributed by atoms with Crippen molar-refractivity contribution in [1.29, 1.82) is 0 Å². The van der Waals surface area contributed by atoms with Crippen molar-refractivity contribution in [2.24, 2.45) is 11.7 Å². The quantitative estimate of drug-likeness (QED) is 0.684. The third kappa shape index (κ3) is 3.29. The Balaban J connectivity index is 2.41. The molecule has 0 aromatic heterocycles. The van der Waals surface area contributed by atoms with E-state index in [0.29, 0.717) is 25.5 Å². The first-order valence-corrected chi connectivity index (χ1v) is 6.60. The number of nitro benzene ring substituents is 1. The summed E-state index contributed by atoms with van der Waals surface area (Å²) in [5, 5.41) is 10.7. The average Bonchev–Trinajstić information content (AvgIpc) is 2.45. The summed E-state index contributed by atoms with van der Waals surface area (Å²) in [6.07, 6.45) is -3.66. The zero-order valence-corrected chi connectivity index (χ0v) is 11.5. The van der Waals surface area contributed by atoms with Crippen molar-refractivity contribution in [3.63, 3.8) is 0 Å². The number of non-ortho nitro benzene ring substituents is 1. The number of halogens is 3. The summed E-state index contributed by atoms with van der Waals surface area (Å²) >= 11 is 0. The highest BCUT2D eigenvalue weighted by Gasteiger charge is 2.37. The number of piperidine rings is 1. The van der Waals surface area contributed by atoms with Crippen LogP contribution in [0.1, 0.15) is 18.4 Å². The number of benzene rings is 1. The number of anilines is 1. The van der Waals surface area contributed by atoms with Gasteiger partial charge < -0.3 is 10.6 Å². The molecule has 9 heteroatoms. The Morgan fingerprint density at radius 1 is 1.41 bits per heavy atom. The molecule has 0 bridgehead atoms. The minimum Gasteiger partial charge on any atom is -0.370 e. The fourth-order valence-electron chi connectivity index (χ4n) is 2.57. The maximum atomic E-state index is 13.2. The third-order valence-electron chi connectivity index (χ3n) is 3.66. The number of carbonyl (C=O) groups excluding carboxylic acids is 1. The Labute approximate surface area is 123 Å². The number of rotatable bonds is 3. The molecule has 0 saturated carbocycles. The lowest BCUT2D eigenvalue weighted by Crippen LogP contribution is -2.41. The zero-order valence-electron chi connectivity index (χ0n) is 11.5. The molecule has 1 fully saturated rings. The molecule has 2 N–H and O–H groups in total. The van der Waals surface area contributed by atoms with Gasteiger partial charge in [-0.25, -0.2) is 0 Å². The van der Waals surface area contributed by atoms with Crippen molar-refractivity contribution in [3.05, 3.63) is 33.9 Å². The summed E-state index contributed by atoms with van der Waals surface area (Å²) in [5.74, 6) is -1.08. The molecule has 120 valence electrons. The average molecular weight is 317 g/mol. The molecule has 1 heterocycles. The van der Waals surface area contributed by atoms with E-state index < -0.39 is 34.2 Å². The van der Waals surface area contributed by atoms with Gasteiger partial charge >= 0.3 is 6.18 Å². The van der Waals surface area contributed by atoms with Crippen LogP contribution in [-0.2, 0) is 11.0 Å². The highest BCUT2D eigenvalue weighted by atomic mass is 19.4. The Kier molecular flexibility index (Phi) is 4.25. The van der Waals surface area contributed by atoms with Gasteiger partial charge in [-0.2, -0.15) is 13.2 Å². The molecular weight excluding hydrogens is 303 g/mol. The number of primary amides is 1. The molecule has 1 atom stereocenters. The monoisotopic (exact) mass is 317 g/mol. The molecule has 1 aliphatic heterocycles. The van der Waals surface area contributed by atoms with Crippen molar-refractivity contribution in [2.75, 3.05) is 18.0 Å². The normalized spacial score (nSPS) is 19.0. The summed E-state index contributed by atoms with van der Waals surface area (Å²) in [6.45, 7) is 0.418. The summed E-state index contributed by atoms with van der Waals surface area (Å²) in [5.41, 5.74) is 3.35. The first-order chi connectivity index (χ1) is 10.2. The predicted molar refractivity (Wildman–Crippen MR) is 72.2 cm³/mol. The van der Waals surface area contributed by atoms with Gasteiger partial charge in [-0.3, -0.25) is 14.9 Å². The fourth-order valence-corrected chi connectivity index (χ4v) is 2.57. The second-order valence-electron chi connectivity index (χ2n) is 5.14. The SMILES string of the molecule is NC(=O)[C@H]1CCCN(c2ccc([N+](=O)[O-])cc2C(F)(F)F)C1. The molecular formula is C13H14F3N3O3. The molecule has 1 aliphatic rings. The van der Waals surface area contributed by atoms with Crippen LogP contribution in [0.25, 0.3) is 0 Å².